The highest BCUT2D eigenvalue weighted by Gasteiger charge is 2.21. The molecule has 0 radical (unpaired) electrons. The Bertz CT molecular complexity index is 506. The van der Waals surface area contributed by atoms with E-state index in [2.05, 4.69) is 10.3 Å². The van der Waals surface area contributed by atoms with Crippen molar-refractivity contribution in [2.75, 3.05) is 19.7 Å². The number of para-hydroxylation sites is 1. The molecule has 0 aliphatic carbocycles. The van der Waals surface area contributed by atoms with Crippen LogP contribution in [0.2, 0.25) is 5.02 Å². The van der Waals surface area contributed by atoms with E-state index in [9.17, 15) is 0 Å². The lowest BCUT2D eigenvalue weighted by molar-refractivity contribution is 0.0118. The summed E-state index contributed by atoms with van der Waals surface area (Å²) in [6.07, 6.45) is -0.114. The second-order valence-electron chi connectivity index (χ2n) is 3.70. The maximum absolute atomic E-state index is 6.02. The lowest BCUT2D eigenvalue weighted by atomic mass is 10.3. The van der Waals surface area contributed by atoms with Crippen molar-refractivity contribution in [1.29, 1.82) is 0 Å². The van der Waals surface area contributed by atoms with E-state index in [1.54, 1.807) is 6.07 Å². The number of hydrogen-bond acceptors (Lipinski definition) is 4. The first-order valence-electron chi connectivity index (χ1n) is 5.22. The van der Waals surface area contributed by atoms with Crippen LogP contribution >= 0.6 is 11.6 Å². The molecule has 0 spiro atoms. The zero-order valence-corrected chi connectivity index (χ0v) is 9.33. The molecule has 0 amide bonds. The summed E-state index contributed by atoms with van der Waals surface area (Å²) >= 11 is 6.02. The molecule has 1 unspecified atom stereocenters. The van der Waals surface area contributed by atoms with Gasteiger partial charge in [0.1, 0.15) is 11.6 Å². The van der Waals surface area contributed by atoms with Gasteiger partial charge in [-0.05, 0) is 12.1 Å². The molecule has 16 heavy (non-hydrogen) atoms. The van der Waals surface area contributed by atoms with E-state index in [1.165, 1.54) is 0 Å². The van der Waals surface area contributed by atoms with Gasteiger partial charge >= 0.3 is 0 Å². The fourth-order valence-corrected chi connectivity index (χ4v) is 2.00. The molecule has 2 aromatic rings. The van der Waals surface area contributed by atoms with Gasteiger partial charge in [0.25, 0.3) is 0 Å². The van der Waals surface area contributed by atoms with Crippen molar-refractivity contribution >= 4 is 22.7 Å². The van der Waals surface area contributed by atoms with Crippen LogP contribution in [0.25, 0.3) is 11.1 Å². The number of rotatable bonds is 1. The van der Waals surface area contributed by atoms with Crippen LogP contribution in [-0.2, 0) is 4.74 Å². The molecular formula is C11H11ClN2O2. The Morgan fingerprint density at radius 3 is 3.12 bits per heavy atom. The molecule has 1 aliphatic heterocycles. The summed E-state index contributed by atoms with van der Waals surface area (Å²) in [4.78, 5) is 4.38. The maximum atomic E-state index is 6.02. The van der Waals surface area contributed by atoms with Crippen molar-refractivity contribution in [3.63, 3.8) is 0 Å². The second kappa shape index (κ2) is 4.05. The maximum Gasteiger partial charge on any atom is 0.226 e. The van der Waals surface area contributed by atoms with Crippen LogP contribution in [0, 0.1) is 0 Å². The number of halogens is 1. The molecule has 0 saturated carbocycles. The van der Waals surface area contributed by atoms with Crippen molar-refractivity contribution < 1.29 is 9.15 Å². The molecule has 1 atom stereocenters. The first kappa shape index (κ1) is 10.1. The van der Waals surface area contributed by atoms with Crippen LogP contribution in [0.3, 0.4) is 0 Å². The first-order chi connectivity index (χ1) is 7.84. The number of hydrogen-bond donors (Lipinski definition) is 1. The van der Waals surface area contributed by atoms with E-state index in [-0.39, 0.29) is 6.10 Å². The highest BCUT2D eigenvalue weighted by atomic mass is 35.5. The molecule has 3 rings (SSSR count). The van der Waals surface area contributed by atoms with E-state index < -0.39 is 0 Å². The zero-order valence-electron chi connectivity index (χ0n) is 8.57. The SMILES string of the molecule is Clc1cccc2nc(C3CNCCO3)oc12. The quantitative estimate of drug-likeness (QED) is 0.827. The predicted octanol–water partition coefficient (Wildman–Crippen LogP) is 2.14. The average Bonchev–Trinajstić information content (AvgIpc) is 2.76. The van der Waals surface area contributed by atoms with Gasteiger partial charge < -0.3 is 14.5 Å². The minimum atomic E-state index is -0.114. The van der Waals surface area contributed by atoms with Crippen LogP contribution < -0.4 is 5.32 Å². The van der Waals surface area contributed by atoms with Crippen LogP contribution in [0.15, 0.2) is 22.6 Å². The number of nitrogens with zero attached hydrogens (tertiary/aromatic N) is 1. The lowest BCUT2D eigenvalue weighted by Crippen LogP contribution is -2.33. The molecule has 4 nitrogen and oxygen atoms in total. The normalized spacial score (nSPS) is 21.4. The summed E-state index contributed by atoms with van der Waals surface area (Å²) in [5, 5.41) is 3.82. The molecule has 0 bridgehead atoms. The molecular weight excluding hydrogens is 228 g/mol. The molecule has 1 saturated heterocycles. The Morgan fingerprint density at radius 2 is 2.38 bits per heavy atom. The first-order valence-corrected chi connectivity index (χ1v) is 5.59. The summed E-state index contributed by atoms with van der Waals surface area (Å²) in [5.41, 5.74) is 1.41. The third-order valence-electron chi connectivity index (χ3n) is 2.59. The zero-order chi connectivity index (χ0) is 11.0. The van der Waals surface area contributed by atoms with E-state index in [0.29, 0.717) is 23.1 Å². The van der Waals surface area contributed by atoms with Crippen molar-refractivity contribution in [2.24, 2.45) is 0 Å². The fraction of sp³-hybridized carbons (Fsp3) is 0.364. The van der Waals surface area contributed by atoms with Crippen LogP contribution in [0.4, 0.5) is 0 Å². The van der Waals surface area contributed by atoms with Crippen LogP contribution in [0.5, 0.6) is 0 Å². The van der Waals surface area contributed by atoms with Gasteiger partial charge in [0.15, 0.2) is 5.58 Å². The molecule has 1 N–H and O–H groups in total. The largest absolute Gasteiger partial charge is 0.436 e. The van der Waals surface area contributed by atoms with Crippen molar-refractivity contribution in [2.45, 2.75) is 6.10 Å². The van der Waals surface area contributed by atoms with Crippen molar-refractivity contribution in [3.05, 3.63) is 29.1 Å². The molecule has 84 valence electrons. The smallest absolute Gasteiger partial charge is 0.226 e. The lowest BCUT2D eigenvalue weighted by Gasteiger charge is -2.20. The van der Waals surface area contributed by atoms with Gasteiger partial charge in [0.2, 0.25) is 5.89 Å². The van der Waals surface area contributed by atoms with Crippen LogP contribution in [0.1, 0.15) is 12.0 Å². The third-order valence-corrected chi connectivity index (χ3v) is 2.88. The highest BCUT2D eigenvalue weighted by Crippen LogP contribution is 2.27. The Kier molecular flexibility index (Phi) is 2.55. The highest BCUT2D eigenvalue weighted by molar-refractivity contribution is 6.34. The summed E-state index contributed by atoms with van der Waals surface area (Å²) in [6, 6.07) is 5.53. The van der Waals surface area contributed by atoms with E-state index in [0.717, 1.165) is 18.6 Å². The standard InChI is InChI=1S/C11H11ClN2O2/c12-7-2-1-3-8-10(7)16-11(14-8)9-6-13-4-5-15-9/h1-3,9,13H,4-6H2. The van der Waals surface area contributed by atoms with E-state index in [4.69, 9.17) is 20.8 Å². The predicted molar refractivity (Wildman–Crippen MR) is 60.6 cm³/mol. The summed E-state index contributed by atoms with van der Waals surface area (Å²) < 4.78 is 11.2. The number of aromatic nitrogens is 1. The van der Waals surface area contributed by atoms with E-state index in [1.807, 2.05) is 12.1 Å². The number of nitrogens with one attached hydrogen (secondary N) is 1. The van der Waals surface area contributed by atoms with Crippen molar-refractivity contribution in [3.8, 4) is 0 Å². The summed E-state index contributed by atoms with van der Waals surface area (Å²) in [6.45, 7) is 2.28. The topological polar surface area (TPSA) is 47.3 Å². The Balaban J connectivity index is 2.01. The molecule has 1 fully saturated rings. The van der Waals surface area contributed by atoms with Crippen LogP contribution in [-0.4, -0.2) is 24.7 Å². The minimum absolute atomic E-state index is 0.114. The monoisotopic (exact) mass is 238 g/mol. The van der Waals surface area contributed by atoms with Gasteiger partial charge in [0.05, 0.1) is 11.6 Å². The van der Waals surface area contributed by atoms with Gasteiger partial charge in [-0.2, -0.15) is 0 Å². The molecule has 2 heterocycles. The average molecular weight is 239 g/mol. The van der Waals surface area contributed by atoms with E-state index >= 15 is 0 Å². The Hall–Kier alpha value is -1.10. The molecule has 1 aromatic carbocycles. The third kappa shape index (κ3) is 1.69. The van der Waals surface area contributed by atoms with Crippen molar-refractivity contribution in [1.82, 2.24) is 10.3 Å². The number of ether oxygens (including phenoxy) is 1. The fourth-order valence-electron chi connectivity index (χ4n) is 1.79. The number of fused-ring (bicyclic) bond motifs is 1. The van der Waals surface area contributed by atoms with Gasteiger partial charge in [-0.3, -0.25) is 0 Å². The van der Waals surface area contributed by atoms with Gasteiger partial charge in [-0.1, -0.05) is 17.7 Å². The van der Waals surface area contributed by atoms with Gasteiger partial charge in [-0.15, -0.1) is 0 Å². The van der Waals surface area contributed by atoms with Gasteiger partial charge in [-0.25, -0.2) is 4.98 Å². The summed E-state index contributed by atoms with van der Waals surface area (Å²) in [7, 11) is 0. The second-order valence-corrected chi connectivity index (χ2v) is 4.11. The Morgan fingerprint density at radius 1 is 1.44 bits per heavy atom. The molecule has 1 aliphatic rings. The molecule has 5 heteroatoms. The number of morpholine rings is 1. The molecule has 1 aromatic heterocycles. The number of benzene rings is 1. The number of oxazole rings is 1. The minimum Gasteiger partial charge on any atom is -0.436 e. The summed E-state index contributed by atoms with van der Waals surface area (Å²) in [5.74, 6) is 0.593. The van der Waals surface area contributed by atoms with Gasteiger partial charge in [0, 0.05) is 13.1 Å². The Labute approximate surface area is 97.5 Å².